The maximum absolute atomic E-state index is 11.5. The molecule has 0 aromatic carbocycles. The molecular weight excluding hydrogens is 324 g/mol. The molecule has 0 atom stereocenters. The quantitative estimate of drug-likeness (QED) is 0.238. The Morgan fingerprint density at radius 1 is 1.00 bits per heavy atom. The van der Waals surface area contributed by atoms with Gasteiger partial charge < -0.3 is 25.4 Å². The van der Waals surface area contributed by atoms with E-state index in [4.69, 9.17) is 4.74 Å². The van der Waals surface area contributed by atoms with Gasteiger partial charge in [-0.15, -0.1) is 0 Å². The Morgan fingerprint density at radius 2 is 1.68 bits per heavy atom. The molecule has 0 rings (SSSR count). The van der Waals surface area contributed by atoms with Crippen LogP contribution in [-0.4, -0.2) is 56.9 Å². The fourth-order valence-electron chi connectivity index (χ4n) is 1.82. The third kappa shape index (κ3) is 15.3. The second-order valence-electron chi connectivity index (χ2n) is 6.50. The number of carbonyl (C=O) groups is 2. The molecule has 0 bridgehead atoms. The molecule has 8 nitrogen and oxygen atoms in total. The lowest BCUT2D eigenvalue weighted by atomic mass is 10.2. The van der Waals surface area contributed by atoms with E-state index in [-0.39, 0.29) is 5.97 Å². The van der Waals surface area contributed by atoms with Crippen molar-refractivity contribution in [3.05, 3.63) is 0 Å². The second kappa shape index (κ2) is 13.3. The minimum atomic E-state index is -0.488. The number of alkyl carbamates (subject to hydrolysis) is 1. The number of carbonyl (C=O) groups excluding carboxylic acids is 2. The number of guanidine groups is 1. The number of nitrogens with one attached hydrogen (secondary N) is 3. The zero-order valence-electron chi connectivity index (χ0n) is 16.2. The Hall–Kier alpha value is -1.99. The molecule has 0 aliphatic rings. The molecular formula is C17H34N4O4. The van der Waals surface area contributed by atoms with Crippen LogP contribution in [0.5, 0.6) is 0 Å². The molecule has 0 heterocycles. The highest BCUT2D eigenvalue weighted by Crippen LogP contribution is 2.06. The summed E-state index contributed by atoms with van der Waals surface area (Å²) >= 11 is 0. The molecule has 0 saturated heterocycles. The summed E-state index contributed by atoms with van der Waals surface area (Å²) in [7, 11) is 1.40. The van der Waals surface area contributed by atoms with Gasteiger partial charge in [-0.05, 0) is 47.0 Å². The van der Waals surface area contributed by atoms with E-state index in [1.165, 1.54) is 7.11 Å². The lowest BCUT2D eigenvalue weighted by molar-refractivity contribution is -0.140. The summed E-state index contributed by atoms with van der Waals surface area (Å²) in [5.74, 6) is 0.552. The number of rotatable bonds is 10. The van der Waals surface area contributed by atoms with Crippen molar-refractivity contribution in [1.29, 1.82) is 0 Å². The molecule has 0 fully saturated rings. The number of hydrogen-bond acceptors (Lipinski definition) is 5. The molecule has 0 spiro atoms. The normalized spacial score (nSPS) is 11.6. The van der Waals surface area contributed by atoms with Crippen LogP contribution >= 0.6 is 0 Å². The summed E-state index contributed by atoms with van der Waals surface area (Å²) in [4.78, 5) is 27.0. The van der Waals surface area contributed by atoms with Gasteiger partial charge in [0.1, 0.15) is 5.60 Å². The largest absolute Gasteiger partial charge is 0.469 e. The molecule has 0 aliphatic heterocycles. The van der Waals surface area contributed by atoms with Gasteiger partial charge in [-0.1, -0.05) is 0 Å². The van der Waals surface area contributed by atoms with Crippen molar-refractivity contribution in [2.75, 3.05) is 33.3 Å². The Morgan fingerprint density at radius 3 is 2.28 bits per heavy atom. The highest BCUT2D eigenvalue weighted by atomic mass is 16.6. The summed E-state index contributed by atoms with van der Waals surface area (Å²) in [6, 6.07) is 0. The van der Waals surface area contributed by atoms with E-state index in [0.717, 1.165) is 38.3 Å². The maximum atomic E-state index is 11.5. The van der Waals surface area contributed by atoms with Crippen molar-refractivity contribution in [3.63, 3.8) is 0 Å². The van der Waals surface area contributed by atoms with Gasteiger partial charge in [-0.2, -0.15) is 0 Å². The molecule has 0 aromatic rings. The van der Waals surface area contributed by atoms with E-state index in [1.807, 2.05) is 27.7 Å². The SMILES string of the molecule is CCNC(=NCCCNC(=O)OC(C)(C)C)NCCCCC(=O)OC. The third-order valence-electron chi connectivity index (χ3n) is 2.95. The maximum Gasteiger partial charge on any atom is 0.407 e. The van der Waals surface area contributed by atoms with Crippen LogP contribution in [0.1, 0.15) is 53.4 Å². The van der Waals surface area contributed by atoms with Crippen molar-refractivity contribution in [2.24, 2.45) is 4.99 Å². The Bertz CT molecular complexity index is 419. The zero-order chi connectivity index (χ0) is 19.1. The van der Waals surface area contributed by atoms with Crippen molar-refractivity contribution < 1.29 is 19.1 Å². The molecule has 0 saturated carbocycles. The van der Waals surface area contributed by atoms with Crippen molar-refractivity contribution in [1.82, 2.24) is 16.0 Å². The fraction of sp³-hybridized carbons (Fsp3) is 0.824. The first kappa shape index (κ1) is 23.0. The van der Waals surface area contributed by atoms with Gasteiger partial charge in [-0.25, -0.2) is 4.79 Å². The Balaban J connectivity index is 3.91. The van der Waals surface area contributed by atoms with Gasteiger partial charge in [-0.3, -0.25) is 9.79 Å². The number of hydrogen-bond donors (Lipinski definition) is 3. The Labute approximate surface area is 151 Å². The van der Waals surface area contributed by atoms with Gasteiger partial charge in [0.2, 0.25) is 0 Å². The first-order valence-electron chi connectivity index (χ1n) is 8.84. The van der Waals surface area contributed by atoms with E-state index in [1.54, 1.807) is 0 Å². The topological polar surface area (TPSA) is 101 Å². The first-order chi connectivity index (χ1) is 11.8. The number of amides is 1. The van der Waals surface area contributed by atoms with E-state index in [2.05, 4.69) is 25.7 Å². The van der Waals surface area contributed by atoms with E-state index in [9.17, 15) is 9.59 Å². The van der Waals surface area contributed by atoms with Crippen LogP contribution < -0.4 is 16.0 Å². The average Bonchev–Trinajstić information content (AvgIpc) is 2.52. The van der Waals surface area contributed by atoms with Gasteiger partial charge in [0.05, 0.1) is 7.11 Å². The zero-order valence-corrected chi connectivity index (χ0v) is 16.2. The summed E-state index contributed by atoms with van der Waals surface area (Å²) in [6.45, 7) is 10.1. The molecule has 0 radical (unpaired) electrons. The predicted octanol–water partition coefficient (Wildman–Crippen LogP) is 1.80. The number of unbranched alkanes of at least 4 members (excludes halogenated alkanes) is 1. The second-order valence-corrected chi connectivity index (χ2v) is 6.50. The monoisotopic (exact) mass is 358 g/mol. The van der Waals surface area contributed by atoms with E-state index in [0.29, 0.717) is 19.5 Å². The van der Waals surface area contributed by atoms with E-state index < -0.39 is 11.7 Å². The summed E-state index contributed by atoms with van der Waals surface area (Å²) in [5.41, 5.74) is -0.488. The van der Waals surface area contributed by atoms with Gasteiger partial charge in [0.25, 0.3) is 0 Å². The van der Waals surface area contributed by atoms with Crippen LogP contribution in [-0.2, 0) is 14.3 Å². The van der Waals surface area contributed by atoms with Crippen molar-refractivity contribution in [3.8, 4) is 0 Å². The van der Waals surface area contributed by atoms with Crippen LogP contribution in [0.4, 0.5) is 4.79 Å². The van der Waals surface area contributed by atoms with Gasteiger partial charge in [0.15, 0.2) is 5.96 Å². The van der Waals surface area contributed by atoms with Crippen LogP contribution in [0, 0.1) is 0 Å². The average molecular weight is 358 g/mol. The summed E-state index contributed by atoms with van der Waals surface area (Å²) in [5, 5.41) is 9.08. The van der Waals surface area contributed by atoms with Gasteiger partial charge >= 0.3 is 12.1 Å². The van der Waals surface area contributed by atoms with Crippen LogP contribution in [0.25, 0.3) is 0 Å². The molecule has 0 aromatic heterocycles. The molecule has 8 heteroatoms. The van der Waals surface area contributed by atoms with E-state index >= 15 is 0 Å². The lowest BCUT2D eigenvalue weighted by Crippen LogP contribution is -2.38. The standard InChI is InChI=1S/C17H34N4O4/c1-6-18-15(19-11-8-7-10-14(22)24-5)20-12-9-13-21-16(23)25-17(2,3)4/h6-13H2,1-5H3,(H,21,23)(H2,18,19,20). The van der Waals surface area contributed by atoms with Crippen molar-refractivity contribution >= 4 is 18.0 Å². The third-order valence-corrected chi connectivity index (χ3v) is 2.95. The number of esters is 1. The van der Waals surface area contributed by atoms with Crippen LogP contribution in [0.15, 0.2) is 4.99 Å². The highest BCUT2D eigenvalue weighted by Gasteiger charge is 2.15. The minimum Gasteiger partial charge on any atom is -0.469 e. The molecule has 0 aliphatic carbocycles. The fourth-order valence-corrected chi connectivity index (χ4v) is 1.82. The summed E-state index contributed by atoms with van der Waals surface area (Å²) in [6.07, 6.45) is 2.38. The molecule has 0 unspecified atom stereocenters. The predicted molar refractivity (Wildman–Crippen MR) is 98.7 cm³/mol. The van der Waals surface area contributed by atoms with Crippen LogP contribution in [0.2, 0.25) is 0 Å². The number of methoxy groups -OCH3 is 1. The number of ether oxygens (including phenoxy) is 2. The first-order valence-corrected chi connectivity index (χ1v) is 8.84. The minimum absolute atomic E-state index is 0.182. The molecule has 3 N–H and O–H groups in total. The lowest BCUT2D eigenvalue weighted by Gasteiger charge is -2.19. The smallest absolute Gasteiger partial charge is 0.407 e. The van der Waals surface area contributed by atoms with Gasteiger partial charge in [0, 0.05) is 32.6 Å². The molecule has 25 heavy (non-hydrogen) atoms. The summed E-state index contributed by atoms with van der Waals surface area (Å²) < 4.78 is 9.76. The van der Waals surface area contributed by atoms with Crippen LogP contribution in [0.3, 0.4) is 0 Å². The molecule has 146 valence electrons. The number of aliphatic imine (C=N–C) groups is 1. The number of nitrogens with zero attached hydrogens (tertiary/aromatic N) is 1. The highest BCUT2D eigenvalue weighted by molar-refractivity contribution is 5.79. The van der Waals surface area contributed by atoms with Crippen molar-refractivity contribution in [2.45, 2.75) is 59.0 Å². The Kier molecular flexibility index (Phi) is 12.3. The molecule has 1 amide bonds.